The van der Waals surface area contributed by atoms with Crippen molar-refractivity contribution in [3.05, 3.63) is 49.1 Å². The van der Waals surface area contributed by atoms with E-state index in [-0.39, 0.29) is 17.8 Å². The maximum absolute atomic E-state index is 12.2. The second-order valence-corrected chi connectivity index (χ2v) is 7.46. The Bertz CT molecular complexity index is 750. The summed E-state index contributed by atoms with van der Waals surface area (Å²) in [5, 5.41) is 9.12. The SMILES string of the molecule is C=CC1(C)CC(OC(=O)C(=C)CO)C2C(=C)C(=O)OC2C1C(=C)COC(C)=O. The number of hydrogen-bond donors (Lipinski definition) is 1. The number of aliphatic hydroxyl groups is 1. The molecule has 28 heavy (non-hydrogen) atoms. The topological polar surface area (TPSA) is 99.1 Å². The van der Waals surface area contributed by atoms with Crippen LogP contribution in [0.3, 0.4) is 0 Å². The maximum atomic E-state index is 12.2. The summed E-state index contributed by atoms with van der Waals surface area (Å²) >= 11 is 0. The Morgan fingerprint density at radius 3 is 2.57 bits per heavy atom. The summed E-state index contributed by atoms with van der Waals surface area (Å²) in [5.41, 5.74) is 0.0250. The Balaban J connectivity index is 2.39. The molecular weight excluding hydrogens is 364 g/mol. The van der Waals surface area contributed by atoms with Gasteiger partial charge in [-0.1, -0.05) is 32.7 Å². The van der Waals surface area contributed by atoms with Crippen molar-refractivity contribution in [1.82, 2.24) is 0 Å². The van der Waals surface area contributed by atoms with Gasteiger partial charge in [-0.2, -0.15) is 0 Å². The van der Waals surface area contributed by atoms with Gasteiger partial charge in [0.1, 0.15) is 18.8 Å². The number of hydrogen-bond acceptors (Lipinski definition) is 7. The molecule has 2 rings (SSSR count). The maximum Gasteiger partial charge on any atom is 0.336 e. The highest BCUT2D eigenvalue weighted by Gasteiger charge is 2.58. The molecule has 1 aliphatic heterocycles. The molecular formula is C21H26O7. The van der Waals surface area contributed by atoms with Crippen LogP contribution >= 0.6 is 0 Å². The summed E-state index contributed by atoms with van der Waals surface area (Å²) < 4.78 is 16.2. The first-order chi connectivity index (χ1) is 13.1. The molecule has 0 aromatic carbocycles. The highest BCUT2D eigenvalue weighted by Crippen LogP contribution is 2.53. The Labute approximate surface area is 164 Å². The lowest BCUT2D eigenvalue weighted by Crippen LogP contribution is -2.52. The van der Waals surface area contributed by atoms with Gasteiger partial charge >= 0.3 is 17.9 Å². The van der Waals surface area contributed by atoms with E-state index in [1.54, 1.807) is 6.08 Å². The van der Waals surface area contributed by atoms with Crippen LogP contribution < -0.4 is 0 Å². The van der Waals surface area contributed by atoms with E-state index in [4.69, 9.17) is 19.3 Å². The molecule has 1 N–H and O–H groups in total. The average molecular weight is 390 g/mol. The molecule has 2 aliphatic rings. The number of ether oxygens (including phenoxy) is 3. The lowest BCUT2D eigenvalue weighted by Gasteiger charge is -2.48. The van der Waals surface area contributed by atoms with E-state index in [9.17, 15) is 14.4 Å². The van der Waals surface area contributed by atoms with Gasteiger partial charge in [0, 0.05) is 18.4 Å². The van der Waals surface area contributed by atoms with Crippen LogP contribution in [0.2, 0.25) is 0 Å². The van der Waals surface area contributed by atoms with Gasteiger partial charge in [0.25, 0.3) is 0 Å². The lowest BCUT2D eigenvalue weighted by atomic mass is 9.59. The lowest BCUT2D eigenvalue weighted by molar-refractivity contribution is -0.160. The van der Waals surface area contributed by atoms with E-state index in [1.165, 1.54) is 6.92 Å². The van der Waals surface area contributed by atoms with E-state index in [2.05, 4.69) is 26.3 Å². The summed E-state index contributed by atoms with van der Waals surface area (Å²) in [6, 6.07) is 0. The first kappa shape index (κ1) is 21.6. The van der Waals surface area contributed by atoms with Crippen molar-refractivity contribution >= 4 is 17.9 Å². The molecule has 7 heteroatoms. The Morgan fingerprint density at radius 2 is 2.04 bits per heavy atom. The molecule has 0 amide bonds. The minimum Gasteiger partial charge on any atom is -0.461 e. The van der Waals surface area contributed by atoms with Gasteiger partial charge in [-0.05, 0) is 17.4 Å². The molecule has 0 aromatic rings. The summed E-state index contributed by atoms with van der Waals surface area (Å²) in [6.45, 7) is 17.8. The van der Waals surface area contributed by atoms with Gasteiger partial charge < -0.3 is 19.3 Å². The number of fused-ring (bicyclic) bond motifs is 1. The first-order valence-electron chi connectivity index (χ1n) is 8.89. The van der Waals surface area contributed by atoms with Crippen molar-refractivity contribution in [2.45, 2.75) is 32.5 Å². The Kier molecular flexibility index (Phi) is 6.29. The summed E-state index contributed by atoms with van der Waals surface area (Å²) in [5.74, 6) is -2.77. The van der Waals surface area contributed by atoms with Crippen LogP contribution in [0.5, 0.6) is 0 Å². The Hall–Kier alpha value is -2.67. The zero-order valence-corrected chi connectivity index (χ0v) is 16.2. The van der Waals surface area contributed by atoms with Gasteiger partial charge in [-0.25, -0.2) is 9.59 Å². The number of carbonyl (C=O) groups is 3. The highest BCUT2D eigenvalue weighted by atomic mass is 16.6. The van der Waals surface area contributed by atoms with Crippen LogP contribution in [0.4, 0.5) is 0 Å². The molecule has 1 saturated carbocycles. The largest absolute Gasteiger partial charge is 0.461 e. The average Bonchev–Trinajstić information content (AvgIpc) is 2.93. The van der Waals surface area contributed by atoms with Gasteiger partial charge in [0.05, 0.1) is 18.1 Å². The van der Waals surface area contributed by atoms with Crippen LogP contribution in [0, 0.1) is 17.3 Å². The van der Waals surface area contributed by atoms with Crippen LogP contribution in [-0.4, -0.2) is 48.4 Å². The molecule has 152 valence electrons. The second kappa shape index (κ2) is 8.14. The standard InChI is InChI=1S/C21H26O7/c1-7-21(6)8-15(27-19(24)11(2)9-22)16-13(4)20(25)28-18(16)17(21)12(3)10-26-14(5)23/h7,15-18,22H,1-4,8-10H2,5-6H3. The van der Waals surface area contributed by atoms with Gasteiger partial charge in [0.15, 0.2) is 0 Å². The number of allylic oxidation sites excluding steroid dienone is 1. The molecule has 5 unspecified atom stereocenters. The highest BCUT2D eigenvalue weighted by molar-refractivity contribution is 5.92. The molecule has 0 aromatic heterocycles. The molecule has 0 bridgehead atoms. The summed E-state index contributed by atoms with van der Waals surface area (Å²) in [6.07, 6.45) is 0.603. The van der Waals surface area contributed by atoms with Gasteiger partial charge in [-0.3, -0.25) is 4.79 Å². The smallest absolute Gasteiger partial charge is 0.336 e. The fourth-order valence-corrected chi connectivity index (χ4v) is 3.97. The molecule has 5 atom stereocenters. The zero-order chi connectivity index (χ0) is 21.2. The quantitative estimate of drug-likeness (QED) is 0.307. The van der Waals surface area contributed by atoms with Crippen molar-refractivity contribution in [3.63, 3.8) is 0 Å². The van der Waals surface area contributed by atoms with Crippen molar-refractivity contribution < 1.29 is 33.7 Å². The predicted molar refractivity (Wildman–Crippen MR) is 101 cm³/mol. The molecule has 2 fully saturated rings. The third-order valence-corrected chi connectivity index (χ3v) is 5.45. The van der Waals surface area contributed by atoms with Crippen molar-refractivity contribution in [3.8, 4) is 0 Å². The molecule has 0 radical (unpaired) electrons. The number of esters is 3. The van der Waals surface area contributed by atoms with E-state index >= 15 is 0 Å². The van der Waals surface area contributed by atoms with E-state index < -0.39 is 54.0 Å². The zero-order valence-electron chi connectivity index (χ0n) is 16.2. The molecule has 1 heterocycles. The third kappa shape index (κ3) is 3.94. The third-order valence-electron chi connectivity index (χ3n) is 5.45. The molecule has 0 spiro atoms. The minimum atomic E-state index is -0.748. The van der Waals surface area contributed by atoms with E-state index in [0.29, 0.717) is 12.0 Å². The molecule has 7 nitrogen and oxygen atoms in total. The van der Waals surface area contributed by atoms with Crippen molar-refractivity contribution in [2.24, 2.45) is 17.3 Å². The fraction of sp³-hybridized carbons (Fsp3) is 0.476. The summed E-state index contributed by atoms with van der Waals surface area (Å²) in [7, 11) is 0. The minimum absolute atomic E-state index is 0.0253. The number of carbonyl (C=O) groups excluding carboxylic acids is 3. The van der Waals surface area contributed by atoms with Gasteiger partial charge in [-0.15, -0.1) is 6.58 Å². The predicted octanol–water partition coefficient (Wildman–Crippen LogP) is 1.88. The monoisotopic (exact) mass is 390 g/mol. The number of aliphatic hydroxyl groups excluding tert-OH is 1. The number of rotatable bonds is 7. The van der Waals surface area contributed by atoms with Crippen LogP contribution in [-0.2, 0) is 28.6 Å². The van der Waals surface area contributed by atoms with Crippen LogP contribution in [0.1, 0.15) is 20.3 Å². The van der Waals surface area contributed by atoms with Crippen LogP contribution in [0.15, 0.2) is 49.1 Å². The van der Waals surface area contributed by atoms with Gasteiger partial charge in [0.2, 0.25) is 0 Å². The first-order valence-corrected chi connectivity index (χ1v) is 8.89. The fourth-order valence-electron chi connectivity index (χ4n) is 3.97. The van der Waals surface area contributed by atoms with Crippen molar-refractivity contribution in [2.75, 3.05) is 13.2 Å². The summed E-state index contributed by atoms with van der Waals surface area (Å²) in [4.78, 5) is 35.6. The second-order valence-electron chi connectivity index (χ2n) is 7.46. The van der Waals surface area contributed by atoms with E-state index in [1.807, 2.05) is 6.92 Å². The van der Waals surface area contributed by atoms with Crippen molar-refractivity contribution in [1.29, 1.82) is 0 Å². The molecule has 1 aliphatic carbocycles. The normalized spacial score (nSPS) is 31.4. The van der Waals surface area contributed by atoms with E-state index in [0.717, 1.165) is 0 Å². The Morgan fingerprint density at radius 1 is 1.39 bits per heavy atom. The molecule has 1 saturated heterocycles. The van der Waals surface area contributed by atoms with Crippen LogP contribution in [0.25, 0.3) is 0 Å².